The Morgan fingerprint density at radius 1 is 1.14 bits per heavy atom. The number of aryl methyl sites for hydroxylation is 1. The van der Waals surface area contributed by atoms with Crippen molar-refractivity contribution >= 4 is 23.2 Å². The molecule has 0 bridgehead atoms. The molecular weight excluding hydrogens is 516 g/mol. The monoisotopic (exact) mass is 534 g/mol. The number of alkyl halides is 3. The van der Waals surface area contributed by atoms with Gasteiger partial charge in [0.05, 0.1) is 30.1 Å². The van der Waals surface area contributed by atoms with Crippen LogP contribution < -0.4 is 5.32 Å². The van der Waals surface area contributed by atoms with Crippen LogP contribution in [0.3, 0.4) is 0 Å². The van der Waals surface area contributed by atoms with E-state index in [0.717, 1.165) is 34.5 Å². The topological polar surface area (TPSA) is 123 Å². The smallest absolute Gasteiger partial charge is 0.417 e. The van der Waals surface area contributed by atoms with Gasteiger partial charge in [-0.1, -0.05) is 18.2 Å². The molecule has 4 aromatic rings. The van der Waals surface area contributed by atoms with E-state index in [1.165, 1.54) is 30.5 Å². The molecule has 3 heterocycles. The highest BCUT2D eigenvalue weighted by molar-refractivity contribution is 7.12. The second-order valence-electron chi connectivity index (χ2n) is 7.81. The number of carbonyl (C=O) groups is 2. The number of carboxylic acid groups (broad SMARTS) is 1. The summed E-state index contributed by atoms with van der Waals surface area (Å²) in [6, 6.07) is 5.20. The zero-order chi connectivity index (χ0) is 26.6. The Morgan fingerprint density at radius 2 is 1.86 bits per heavy atom. The molecule has 1 aromatic carbocycles. The summed E-state index contributed by atoms with van der Waals surface area (Å²) in [4.78, 5) is 36.1. The summed E-state index contributed by atoms with van der Waals surface area (Å²) in [7, 11) is 0. The van der Waals surface area contributed by atoms with E-state index in [2.05, 4.69) is 25.4 Å². The zero-order valence-corrected chi connectivity index (χ0v) is 19.6. The normalized spacial score (nSPS) is 12.3. The van der Waals surface area contributed by atoms with Crippen molar-refractivity contribution in [1.82, 2.24) is 30.0 Å². The quantitative estimate of drug-likeness (QED) is 0.309. The number of nitrogens with zero attached hydrogens (tertiary/aromatic N) is 5. The maximum Gasteiger partial charge on any atom is 0.417 e. The number of amides is 1. The Bertz CT molecular complexity index is 1390. The number of aliphatic carboxylic acids is 1. The minimum absolute atomic E-state index is 0.0116. The largest absolute Gasteiger partial charge is 0.481 e. The van der Waals surface area contributed by atoms with Gasteiger partial charge in [-0.15, -0.1) is 11.3 Å². The fraction of sp³-hybridized carbons (Fsp3) is 0.217. The molecule has 0 unspecified atom stereocenters. The number of rotatable bonds is 9. The minimum atomic E-state index is -4.66. The van der Waals surface area contributed by atoms with Crippen molar-refractivity contribution in [2.24, 2.45) is 0 Å². The fourth-order valence-electron chi connectivity index (χ4n) is 3.57. The predicted octanol–water partition coefficient (Wildman–Crippen LogP) is 4.15. The van der Waals surface area contributed by atoms with Gasteiger partial charge in [0.1, 0.15) is 5.82 Å². The summed E-state index contributed by atoms with van der Waals surface area (Å²) in [6.45, 7) is 0. The maximum absolute atomic E-state index is 13.7. The zero-order valence-electron chi connectivity index (χ0n) is 18.8. The van der Waals surface area contributed by atoms with Crippen molar-refractivity contribution in [3.8, 4) is 16.4 Å². The Kier molecular flexibility index (Phi) is 7.57. The summed E-state index contributed by atoms with van der Waals surface area (Å²) in [5.41, 5.74) is -1.35. The number of thiazole rings is 1. The van der Waals surface area contributed by atoms with Gasteiger partial charge < -0.3 is 10.4 Å². The molecule has 2 N–H and O–H groups in total. The number of aromatic nitrogens is 5. The molecule has 37 heavy (non-hydrogen) atoms. The molecule has 0 saturated carbocycles. The highest BCUT2D eigenvalue weighted by atomic mass is 32.1. The van der Waals surface area contributed by atoms with Crippen molar-refractivity contribution in [2.45, 2.75) is 31.5 Å². The van der Waals surface area contributed by atoms with Gasteiger partial charge >= 0.3 is 12.1 Å². The molecule has 14 heteroatoms. The SMILES string of the molecule is O=C(O)C[C@H](CCc1ncc(F)cn1)NC(=O)c1cc(-c2ccccc2C(F)(F)F)n(-c2nccs2)n1. The molecule has 0 radical (unpaired) electrons. The van der Waals surface area contributed by atoms with Crippen molar-refractivity contribution in [3.05, 3.63) is 77.2 Å². The van der Waals surface area contributed by atoms with E-state index in [4.69, 9.17) is 0 Å². The van der Waals surface area contributed by atoms with Crippen molar-refractivity contribution in [1.29, 1.82) is 0 Å². The molecule has 4 rings (SSSR count). The maximum atomic E-state index is 13.7. The van der Waals surface area contributed by atoms with Crippen LogP contribution in [0.15, 0.2) is 54.3 Å². The lowest BCUT2D eigenvalue weighted by Gasteiger charge is -2.15. The first-order valence-electron chi connectivity index (χ1n) is 10.8. The fourth-order valence-corrected chi connectivity index (χ4v) is 4.17. The first-order chi connectivity index (χ1) is 17.6. The first-order valence-corrected chi connectivity index (χ1v) is 11.7. The van der Waals surface area contributed by atoms with Gasteiger partial charge in [-0.05, 0) is 18.6 Å². The van der Waals surface area contributed by atoms with E-state index in [0.29, 0.717) is 0 Å². The van der Waals surface area contributed by atoms with E-state index in [-0.39, 0.29) is 40.7 Å². The first kappa shape index (κ1) is 25.9. The summed E-state index contributed by atoms with van der Waals surface area (Å²) in [6.07, 6.45) is -1.45. The van der Waals surface area contributed by atoms with Crippen molar-refractivity contribution in [3.63, 3.8) is 0 Å². The second kappa shape index (κ2) is 10.8. The highest BCUT2D eigenvalue weighted by Crippen LogP contribution is 2.38. The Morgan fingerprint density at radius 3 is 2.51 bits per heavy atom. The summed E-state index contributed by atoms with van der Waals surface area (Å²) in [5, 5.41) is 17.9. The lowest BCUT2D eigenvalue weighted by Crippen LogP contribution is -2.37. The molecular formula is C23H18F4N6O3S. The molecule has 3 aromatic heterocycles. The Labute approximate surface area is 210 Å². The molecule has 0 aliphatic rings. The number of hydrogen-bond donors (Lipinski definition) is 2. The summed E-state index contributed by atoms with van der Waals surface area (Å²) in [5.74, 6) is -2.34. The van der Waals surface area contributed by atoms with Gasteiger partial charge in [-0.3, -0.25) is 9.59 Å². The van der Waals surface area contributed by atoms with E-state index < -0.39 is 41.9 Å². The van der Waals surface area contributed by atoms with Gasteiger partial charge in [-0.25, -0.2) is 24.0 Å². The molecule has 192 valence electrons. The Hall–Kier alpha value is -4.20. The van der Waals surface area contributed by atoms with Crippen molar-refractivity contribution < 1.29 is 32.3 Å². The third-order valence-corrected chi connectivity index (χ3v) is 5.94. The third-order valence-electron chi connectivity index (χ3n) is 5.20. The number of carboxylic acids is 1. The number of nitrogens with one attached hydrogen (secondary N) is 1. The van der Waals surface area contributed by atoms with Crippen LogP contribution in [0.2, 0.25) is 0 Å². The molecule has 0 saturated heterocycles. The van der Waals surface area contributed by atoms with E-state index >= 15 is 0 Å². The van der Waals surface area contributed by atoms with Crippen LogP contribution in [0.5, 0.6) is 0 Å². The van der Waals surface area contributed by atoms with Gasteiger partial charge in [-0.2, -0.15) is 18.3 Å². The number of halogens is 4. The van der Waals surface area contributed by atoms with E-state index in [1.54, 1.807) is 5.38 Å². The highest BCUT2D eigenvalue weighted by Gasteiger charge is 2.35. The average Bonchev–Trinajstić information content (AvgIpc) is 3.53. The third kappa shape index (κ3) is 6.33. The number of benzene rings is 1. The number of hydrogen-bond acceptors (Lipinski definition) is 7. The van der Waals surface area contributed by atoms with E-state index in [9.17, 15) is 32.3 Å². The molecule has 0 fully saturated rings. The second-order valence-corrected chi connectivity index (χ2v) is 8.68. The van der Waals surface area contributed by atoms with Crippen LogP contribution >= 0.6 is 11.3 Å². The van der Waals surface area contributed by atoms with Crippen LogP contribution in [0.25, 0.3) is 16.4 Å². The summed E-state index contributed by atoms with van der Waals surface area (Å²) < 4.78 is 55.3. The van der Waals surface area contributed by atoms with Crippen LogP contribution in [0.1, 0.15) is 34.7 Å². The van der Waals surface area contributed by atoms with Crippen LogP contribution in [-0.2, 0) is 17.4 Å². The van der Waals surface area contributed by atoms with Crippen LogP contribution in [-0.4, -0.2) is 47.8 Å². The molecule has 0 aliphatic heterocycles. The van der Waals surface area contributed by atoms with Crippen LogP contribution in [0.4, 0.5) is 17.6 Å². The van der Waals surface area contributed by atoms with Crippen LogP contribution in [0, 0.1) is 5.82 Å². The lowest BCUT2D eigenvalue weighted by molar-refractivity contribution is -0.138. The Balaban J connectivity index is 1.63. The standard InChI is InChI=1S/C23H18F4N6O3S/c24-13-11-29-19(30-12-13)6-5-14(9-20(34)35)31-21(36)17-10-18(33(32-17)22-28-7-8-37-22)15-3-1-2-4-16(15)23(25,26)27/h1-4,7-8,10-12,14H,5-6,9H2,(H,31,36)(H,34,35)/t14-/m0/s1. The van der Waals surface area contributed by atoms with Gasteiger partial charge in [0.2, 0.25) is 5.13 Å². The van der Waals surface area contributed by atoms with Crippen molar-refractivity contribution in [2.75, 3.05) is 0 Å². The molecule has 0 aliphatic carbocycles. The molecule has 1 atom stereocenters. The molecule has 9 nitrogen and oxygen atoms in total. The minimum Gasteiger partial charge on any atom is -0.481 e. The van der Waals surface area contributed by atoms with Gasteiger partial charge in [0, 0.05) is 29.6 Å². The molecule has 1 amide bonds. The van der Waals surface area contributed by atoms with E-state index in [1.807, 2.05) is 0 Å². The number of carbonyl (C=O) groups excluding carboxylic acids is 1. The summed E-state index contributed by atoms with van der Waals surface area (Å²) >= 11 is 1.11. The average molecular weight is 534 g/mol. The van der Waals surface area contributed by atoms with Gasteiger partial charge in [0.25, 0.3) is 5.91 Å². The predicted molar refractivity (Wildman–Crippen MR) is 123 cm³/mol. The molecule has 0 spiro atoms. The van der Waals surface area contributed by atoms with Gasteiger partial charge in [0.15, 0.2) is 11.5 Å². The lowest BCUT2D eigenvalue weighted by atomic mass is 10.0.